The van der Waals surface area contributed by atoms with Gasteiger partial charge in [-0.2, -0.15) is 5.10 Å². The van der Waals surface area contributed by atoms with Crippen molar-refractivity contribution in [3.63, 3.8) is 0 Å². The fourth-order valence-electron chi connectivity index (χ4n) is 2.56. The summed E-state index contributed by atoms with van der Waals surface area (Å²) in [6.07, 6.45) is 4.40. The fourth-order valence-corrected chi connectivity index (χ4v) is 2.56. The highest BCUT2D eigenvalue weighted by Crippen LogP contribution is 2.21. The molecule has 22 heavy (non-hydrogen) atoms. The Morgan fingerprint density at radius 3 is 2.59 bits per heavy atom. The predicted molar refractivity (Wildman–Crippen MR) is 81.8 cm³/mol. The lowest BCUT2D eigenvalue weighted by atomic mass is 10.1. The molecular formula is C16H18N4O2. The molecule has 0 unspecified atom stereocenters. The van der Waals surface area contributed by atoms with Crippen LogP contribution in [0.15, 0.2) is 36.7 Å². The van der Waals surface area contributed by atoms with Gasteiger partial charge in [0.25, 0.3) is 0 Å². The van der Waals surface area contributed by atoms with Crippen LogP contribution in [-0.2, 0) is 29.7 Å². The molecule has 0 aliphatic carbocycles. The summed E-state index contributed by atoms with van der Waals surface area (Å²) in [6, 6.07) is 7.74. The Kier molecular flexibility index (Phi) is 3.91. The van der Waals surface area contributed by atoms with E-state index in [1.807, 2.05) is 43.7 Å². The van der Waals surface area contributed by atoms with Gasteiger partial charge in [0.05, 0.1) is 12.7 Å². The van der Waals surface area contributed by atoms with Crippen LogP contribution in [-0.4, -0.2) is 26.5 Å². The molecule has 114 valence electrons. The van der Waals surface area contributed by atoms with E-state index in [1.165, 1.54) is 4.90 Å². The molecule has 6 heteroatoms. The van der Waals surface area contributed by atoms with E-state index < -0.39 is 0 Å². The van der Waals surface area contributed by atoms with Crippen molar-refractivity contribution in [2.75, 3.05) is 5.32 Å². The number of aromatic nitrogens is 2. The second kappa shape index (κ2) is 6.01. The highest BCUT2D eigenvalue weighted by molar-refractivity contribution is 6.01. The van der Waals surface area contributed by atoms with Crippen molar-refractivity contribution in [3.8, 4) is 0 Å². The lowest BCUT2D eigenvalue weighted by molar-refractivity contribution is -0.139. The van der Waals surface area contributed by atoms with Crippen molar-refractivity contribution in [1.82, 2.24) is 14.7 Å². The second-order valence-corrected chi connectivity index (χ2v) is 5.41. The monoisotopic (exact) mass is 298 g/mol. The van der Waals surface area contributed by atoms with Gasteiger partial charge in [0.2, 0.25) is 11.8 Å². The number of nitrogens with zero attached hydrogens (tertiary/aromatic N) is 3. The topological polar surface area (TPSA) is 67.2 Å². The number of carbonyl (C=O) groups excluding carboxylic acids is 2. The number of anilines is 1. The molecule has 0 radical (unpaired) electrons. The molecule has 1 aromatic heterocycles. The number of carbonyl (C=O) groups is 2. The molecular weight excluding hydrogens is 280 g/mol. The summed E-state index contributed by atoms with van der Waals surface area (Å²) in [5.74, 6) is -0.181. The Bertz CT molecular complexity index is 692. The van der Waals surface area contributed by atoms with Gasteiger partial charge in [0, 0.05) is 43.9 Å². The minimum Gasteiger partial charge on any atom is -0.381 e. The number of aryl methyl sites for hydroxylation is 1. The molecule has 1 fully saturated rings. The number of likely N-dealkylation sites (tertiary alicyclic amines) is 1. The summed E-state index contributed by atoms with van der Waals surface area (Å²) in [6.45, 7) is 0.973. The van der Waals surface area contributed by atoms with Gasteiger partial charge in [-0.15, -0.1) is 0 Å². The summed E-state index contributed by atoms with van der Waals surface area (Å²) in [5, 5.41) is 7.48. The first-order valence-electron chi connectivity index (χ1n) is 7.26. The maximum atomic E-state index is 11.8. The van der Waals surface area contributed by atoms with Crippen molar-refractivity contribution in [3.05, 3.63) is 47.8 Å². The lowest BCUT2D eigenvalue weighted by Crippen LogP contribution is -2.28. The van der Waals surface area contributed by atoms with Crippen LogP contribution in [0.4, 0.5) is 5.69 Å². The largest absolute Gasteiger partial charge is 0.381 e. The molecule has 0 spiro atoms. The normalized spacial score (nSPS) is 14.7. The van der Waals surface area contributed by atoms with Crippen LogP contribution in [0.1, 0.15) is 24.0 Å². The van der Waals surface area contributed by atoms with E-state index in [2.05, 4.69) is 10.4 Å². The third-order valence-corrected chi connectivity index (χ3v) is 3.74. The predicted octanol–water partition coefficient (Wildman–Crippen LogP) is 1.68. The Morgan fingerprint density at radius 1 is 1.18 bits per heavy atom. The maximum Gasteiger partial charge on any atom is 0.229 e. The van der Waals surface area contributed by atoms with Crippen LogP contribution in [0.3, 0.4) is 0 Å². The number of hydrogen-bond donors (Lipinski definition) is 1. The number of nitrogens with one attached hydrogen (secondary N) is 1. The Morgan fingerprint density at radius 2 is 1.91 bits per heavy atom. The van der Waals surface area contributed by atoms with Gasteiger partial charge in [0.1, 0.15) is 0 Å². The molecule has 1 saturated heterocycles. The molecule has 0 saturated carbocycles. The van der Waals surface area contributed by atoms with Crippen molar-refractivity contribution >= 4 is 17.5 Å². The molecule has 2 amide bonds. The van der Waals surface area contributed by atoms with E-state index in [-0.39, 0.29) is 11.8 Å². The summed E-state index contributed by atoms with van der Waals surface area (Å²) >= 11 is 0. The molecule has 1 aliphatic heterocycles. The molecule has 1 aromatic carbocycles. The molecule has 0 atom stereocenters. The van der Waals surface area contributed by atoms with E-state index >= 15 is 0 Å². The summed E-state index contributed by atoms with van der Waals surface area (Å²) in [7, 11) is 1.88. The number of imide groups is 1. The van der Waals surface area contributed by atoms with Gasteiger partial charge in [-0.05, 0) is 11.6 Å². The highest BCUT2D eigenvalue weighted by atomic mass is 16.2. The van der Waals surface area contributed by atoms with Crippen molar-refractivity contribution < 1.29 is 9.59 Å². The zero-order valence-electron chi connectivity index (χ0n) is 12.5. The number of benzene rings is 1. The standard InChI is InChI=1S/C16H18N4O2/c1-19-10-12(9-18-19)8-17-14-5-3-2-4-13(14)11-20-15(21)6-7-16(20)22/h2-5,9-10,17H,6-8,11H2,1H3. The van der Waals surface area contributed by atoms with Crippen molar-refractivity contribution in [1.29, 1.82) is 0 Å². The summed E-state index contributed by atoms with van der Waals surface area (Å²) in [4.78, 5) is 24.9. The van der Waals surface area contributed by atoms with E-state index in [9.17, 15) is 9.59 Å². The summed E-state index contributed by atoms with van der Waals surface area (Å²) < 4.78 is 1.75. The van der Waals surface area contributed by atoms with Crippen LogP contribution < -0.4 is 5.32 Å². The molecule has 6 nitrogen and oxygen atoms in total. The zero-order valence-corrected chi connectivity index (χ0v) is 12.5. The molecule has 1 N–H and O–H groups in total. The first-order valence-corrected chi connectivity index (χ1v) is 7.26. The van der Waals surface area contributed by atoms with Gasteiger partial charge < -0.3 is 5.32 Å². The van der Waals surface area contributed by atoms with E-state index in [4.69, 9.17) is 0 Å². The first kappa shape index (κ1) is 14.3. The number of para-hydroxylation sites is 1. The average Bonchev–Trinajstić information content (AvgIpc) is 3.06. The minimum absolute atomic E-state index is 0.0907. The van der Waals surface area contributed by atoms with Gasteiger partial charge >= 0.3 is 0 Å². The van der Waals surface area contributed by atoms with Crippen LogP contribution in [0.5, 0.6) is 0 Å². The van der Waals surface area contributed by atoms with Gasteiger partial charge in [-0.1, -0.05) is 18.2 Å². The average molecular weight is 298 g/mol. The lowest BCUT2D eigenvalue weighted by Gasteiger charge is -2.17. The smallest absolute Gasteiger partial charge is 0.229 e. The van der Waals surface area contributed by atoms with Gasteiger partial charge in [-0.3, -0.25) is 19.2 Å². The minimum atomic E-state index is -0.0907. The molecule has 3 rings (SSSR count). The van der Waals surface area contributed by atoms with E-state index in [1.54, 1.807) is 4.68 Å². The van der Waals surface area contributed by atoms with Gasteiger partial charge in [0.15, 0.2) is 0 Å². The maximum absolute atomic E-state index is 11.8. The second-order valence-electron chi connectivity index (χ2n) is 5.41. The fraction of sp³-hybridized carbons (Fsp3) is 0.312. The third-order valence-electron chi connectivity index (χ3n) is 3.74. The SMILES string of the molecule is Cn1cc(CNc2ccccc2CN2C(=O)CCC2=O)cn1. The van der Waals surface area contributed by atoms with Crippen LogP contribution in [0, 0.1) is 0 Å². The molecule has 2 heterocycles. The highest BCUT2D eigenvalue weighted by Gasteiger charge is 2.29. The quantitative estimate of drug-likeness (QED) is 0.853. The zero-order chi connectivity index (χ0) is 15.5. The third kappa shape index (κ3) is 3.00. The molecule has 2 aromatic rings. The van der Waals surface area contributed by atoms with E-state index in [0.29, 0.717) is 25.9 Å². The van der Waals surface area contributed by atoms with Crippen molar-refractivity contribution in [2.45, 2.75) is 25.9 Å². The number of rotatable bonds is 5. The van der Waals surface area contributed by atoms with E-state index in [0.717, 1.165) is 16.8 Å². The van der Waals surface area contributed by atoms with Gasteiger partial charge in [-0.25, -0.2) is 0 Å². The van der Waals surface area contributed by atoms with Crippen molar-refractivity contribution in [2.24, 2.45) is 7.05 Å². The van der Waals surface area contributed by atoms with Crippen LogP contribution >= 0.6 is 0 Å². The van der Waals surface area contributed by atoms with Crippen LogP contribution in [0.25, 0.3) is 0 Å². The molecule has 1 aliphatic rings. The Labute approximate surface area is 128 Å². The first-order chi connectivity index (χ1) is 10.6. The number of hydrogen-bond acceptors (Lipinski definition) is 4. The molecule has 0 bridgehead atoms. The summed E-state index contributed by atoms with van der Waals surface area (Å²) in [5.41, 5.74) is 2.94. The van der Waals surface area contributed by atoms with Crippen LogP contribution in [0.2, 0.25) is 0 Å². The Balaban J connectivity index is 1.72. The Hall–Kier alpha value is -2.63. The number of amides is 2.